The molecule has 0 fully saturated rings. The molecule has 1 aromatic rings. The number of hydrogen-bond acceptors (Lipinski definition) is 2. The van der Waals surface area contributed by atoms with E-state index in [-0.39, 0.29) is 0 Å². The van der Waals surface area contributed by atoms with Crippen molar-refractivity contribution in [3.05, 3.63) is 11.9 Å². The van der Waals surface area contributed by atoms with Crippen LogP contribution in [0.5, 0.6) is 0 Å². The summed E-state index contributed by atoms with van der Waals surface area (Å²) in [7, 11) is 0. The van der Waals surface area contributed by atoms with Crippen LogP contribution in [0.2, 0.25) is 0 Å². The quantitative estimate of drug-likeness (QED) is 0.725. The third-order valence-corrected chi connectivity index (χ3v) is 2.32. The highest BCUT2D eigenvalue weighted by atomic mass is 32.2. The molecule has 0 aromatic carbocycles. The van der Waals surface area contributed by atoms with E-state index in [4.69, 9.17) is 4.55 Å². The lowest BCUT2D eigenvalue weighted by atomic mass is 10.5. The highest BCUT2D eigenvalue weighted by Crippen LogP contribution is 2.09. The van der Waals surface area contributed by atoms with E-state index in [0.29, 0.717) is 10.6 Å². The maximum atomic E-state index is 10.7. The van der Waals surface area contributed by atoms with E-state index in [1.807, 2.05) is 6.92 Å². The fourth-order valence-corrected chi connectivity index (χ4v) is 1.52. The van der Waals surface area contributed by atoms with Gasteiger partial charge in [-0.15, -0.1) is 0 Å². The second kappa shape index (κ2) is 3.82. The first kappa shape index (κ1) is 9.41. The molecule has 5 heteroatoms. The Morgan fingerprint density at radius 2 is 2.42 bits per heavy atom. The topological polar surface area (TPSA) is 55.1 Å². The Bertz CT molecular complexity index is 296. The van der Waals surface area contributed by atoms with E-state index < -0.39 is 11.1 Å². The summed E-state index contributed by atoms with van der Waals surface area (Å²) in [5.74, 6) is 0. The van der Waals surface area contributed by atoms with Crippen molar-refractivity contribution in [3.8, 4) is 0 Å². The Balaban J connectivity index is 2.92. The highest BCUT2D eigenvalue weighted by Gasteiger charge is 2.08. The van der Waals surface area contributed by atoms with Gasteiger partial charge in [0.2, 0.25) is 0 Å². The SMILES string of the molecule is CCCn1cc(S(=O)O)c(C)n1. The molecule has 0 saturated heterocycles. The standard InChI is InChI=1S/C7H12N2O2S/c1-3-4-9-5-7(12(10)11)6(2)8-9/h5H,3-4H2,1-2H3,(H,10,11). The lowest BCUT2D eigenvalue weighted by molar-refractivity contribution is 0.563. The van der Waals surface area contributed by atoms with Crippen molar-refractivity contribution >= 4 is 11.1 Å². The Labute approximate surface area is 73.9 Å². The Morgan fingerprint density at radius 1 is 1.75 bits per heavy atom. The Morgan fingerprint density at radius 3 is 2.83 bits per heavy atom. The Hall–Kier alpha value is -0.680. The van der Waals surface area contributed by atoms with Gasteiger partial charge >= 0.3 is 0 Å². The molecule has 1 N–H and O–H groups in total. The largest absolute Gasteiger partial charge is 0.302 e. The van der Waals surface area contributed by atoms with Crippen LogP contribution in [0.1, 0.15) is 19.0 Å². The molecule has 0 aliphatic heterocycles. The van der Waals surface area contributed by atoms with Gasteiger partial charge in [-0.1, -0.05) is 6.92 Å². The molecule has 1 atom stereocenters. The van der Waals surface area contributed by atoms with Crippen molar-refractivity contribution in [1.29, 1.82) is 0 Å². The molecule has 68 valence electrons. The summed E-state index contributed by atoms with van der Waals surface area (Å²) in [6.07, 6.45) is 2.59. The van der Waals surface area contributed by atoms with Gasteiger partial charge in [0, 0.05) is 12.7 Å². The molecule has 12 heavy (non-hydrogen) atoms. The van der Waals surface area contributed by atoms with E-state index >= 15 is 0 Å². The van der Waals surface area contributed by atoms with Gasteiger partial charge in [-0.2, -0.15) is 5.10 Å². The van der Waals surface area contributed by atoms with Crippen LogP contribution in [0.3, 0.4) is 0 Å². The summed E-state index contributed by atoms with van der Waals surface area (Å²) in [6, 6.07) is 0. The average molecular weight is 188 g/mol. The number of nitrogens with zero attached hydrogens (tertiary/aromatic N) is 2. The molecule has 4 nitrogen and oxygen atoms in total. The summed E-state index contributed by atoms with van der Waals surface area (Å²) in [6.45, 7) is 4.56. The first-order valence-corrected chi connectivity index (χ1v) is 4.90. The molecular weight excluding hydrogens is 176 g/mol. The summed E-state index contributed by atoms with van der Waals surface area (Å²) in [4.78, 5) is 0.406. The minimum atomic E-state index is -1.91. The number of aryl methyl sites for hydroxylation is 2. The molecule has 1 unspecified atom stereocenters. The molecule has 0 bridgehead atoms. The summed E-state index contributed by atoms with van der Waals surface area (Å²) in [5.41, 5.74) is 0.629. The lowest BCUT2D eigenvalue weighted by Crippen LogP contribution is -1.96. The van der Waals surface area contributed by atoms with Crippen molar-refractivity contribution in [3.63, 3.8) is 0 Å². The zero-order chi connectivity index (χ0) is 9.14. The molecule has 1 heterocycles. The van der Waals surface area contributed by atoms with E-state index in [2.05, 4.69) is 5.10 Å². The van der Waals surface area contributed by atoms with Crippen LogP contribution in [0.15, 0.2) is 11.1 Å². The van der Waals surface area contributed by atoms with Crippen molar-refractivity contribution in [2.75, 3.05) is 0 Å². The predicted molar refractivity (Wildman–Crippen MR) is 46.3 cm³/mol. The summed E-state index contributed by atoms with van der Waals surface area (Å²) >= 11 is -1.91. The first-order chi connectivity index (χ1) is 5.65. The van der Waals surface area contributed by atoms with Crippen LogP contribution < -0.4 is 0 Å². The predicted octanol–water partition coefficient (Wildman–Crippen LogP) is 1.18. The molecular formula is C7H12N2O2S. The zero-order valence-corrected chi connectivity index (χ0v) is 7.97. The molecule has 1 aromatic heterocycles. The van der Waals surface area contributed by atoms with Crippen LogP contribution in [0.4, 0.5) is 0 Å². The van der Waals surface area contributed by atoms with Gasteiger partial charge in [-0.3, -0.25) is 4.68 Å². The normalized spacial score (nSPS) is 13.2. The molecule has 1 rings (SSSR count). The van der Waals surface area contributed by atoms with Crippen LogP contribution in [0.25, 0.3) is 0 Å². The third kappa shape index (κ3) is 1.92. The second-order valence-corrected chi connectivity index (χ2v) is 3.53. The molecule has 0 aliphatic carbocycles. The number of hydrogen-bond donors (Lipinski definition) is 1. The van der Waals surface area contributed by atoms with Crippen LogP contribution in [0, 0.1) is 6.92 Å². The van der Waals surface area contributed by atoms with Crippen LogP contribution in [-0.4, -0.2) is 18.5 Å². The highest BCUT2D eigenvalue weighted by molar-refractivity contribution is 7.79. The van der Waals surface area contributed by atoms with Gasteiger partial charge in [0.25, 0.3) is 0 Å². The molecule has 0 spiro atoms. The minimum absolute atomic E-state index is 0.406. The maximum absolute atomic E-state index is 10.7. The van der Waals surface area contributed by atoms with Gasteiger partial charge < -0.3 is 4.55 Å². The van der Waals surface area contributed by atoms with Gasteiger partial charge in [0.15, 0.2) is 11.1 Å². The van der Waals surface area contributed by atoms with E-state index in [9.17, 15) is 4.21 Å². The van der Waals surface area contributed by atoms with E-state index in [1.165, 1.54) is 0 Å². The van der Waals surface area contributed by atoms with Crippen molar-refractivity contribution in [2.24, 2.45) is 0 Å². The summed E-state index contributed by atoms with van der Waals surface area (Å²) in [5, 5.41) is 4.09. The molecule has 0 amide bonds. The van der Waals surface area contributed by atoms with Gasteiger partial charge in [0.05, 0.1) is 5.69 Å². The van der Waals surface area contributed by atoms with Crippen LogP contribution >= 0.6 is 0 Å². The first-order valence-electron chi connectivity index (χ1n) is 3.80. The van der Waals surface area contributed by atoms with Crippen molar-refractivity contribution in [2.45, 2.75) is 31.7 Å². The van der Waals surface area contributed by atoms with E-state index in [1.54, 1.807) is 17.8 Å². The maximum Gasteiger partial charge on any atom is 0.190 e. The summed E-state index contributed by atoms with van der Waals surface area (Å²) < 4.78 is 21.2. The smallest absolute Gasteiger partial charge is 0.190 e. The second-order valence-electron chi connectivity index (χ2n) is 2.59. The molecule has 0 saturated carbocycles. The van der Waals surface area contributed by atoms with Crippen molar-refractivity contribution < 1.29 is 8.76 Å². The molecule has 0 aliphatic rings. The van der Waals surface area contributed by atoms with Gasteiger partial charge in [-0.05, 0) is 13.3 Å². The van der Waals surface area contributed by atoms with Crippen molar-refractivity contribution in [1.82, 2.24) is 9.78 Å². The van der Waals surface area contributed by atoms with Crippen LogP contribution in [-0.2, 0) is 17.6 Å². The Kier molecular flexibility index (Phi) is 2.99. The van der Waals surface area contributed by atoms with Gasteiger partial charge in [0.1, 0.15) is 4.90 Å². The fraction of sp³-hybridized carbons (Fsp3) is 0.571. The zero-order valence-electron chi connectivity index (χ0n) is 7.15. The number of aromatic nitrogens is 2. The number of rotatable bonds is 3. The monoisotopic (exact) mass is 188 g/mol. The van der Waals surface area contributed by atoms with E-state index in [0.717, 1.165) is 13.0 Å². The lowest BCUT2D eigenvalue weighted by Gasteiger charge is -1.93. The minimum Gasteiger partial charge on any atom is -0.302 e. The van der Waals surface area contributed by atoms with Gasteiger partial charge in [-0.25, -0.2) is 4.21 Å². The third-order valence-electron chi connectivity index (χ3n) is 1.54. The average Bonchev–Trinajstić information content (AvgIpc) is 2.32. The fourth-order valence-electron chi connectivity index (χ4n) is 1.01. The molecule has 0 radical (unpaired) electrons.